The van der Waals surface area contributed by atoms with Gasteiger partial charge in [0.05, 0.1) is 23.2 Å². The monoisotopic (exact) mass is 448 g/mol. The van der Waals surface area contributed by atoms with Crippen LogP contribution in [-0.2, 0) is 6.42 Å². The first-order chi connectivity index (χ1) is 16.1. The van der Waals surface area contributed by atoms with E-state index in [2.05, 4.69) is 30.2 Å². The molecule has 1 aliphatic rings. The summed E-state index contributed by atoms with van der Waals surface area (Å²) in [5.41, 5.74) is 3.95. The number of hydrogen-bond donors (Lipinski definition) is 1. The molecule has 0 saturated heterocycles. The number of rotatable bonds is 4. The number of aromatic amines is 1. The van der Waals surface area contributed by atoms with Crippen molar-refractivity contribution >= 4 is 11.5 Å². The highest BCUT2D eigenvalue weighted by Gasteiger charge is 2.36. The fraction of sp³-hybridized carbons (Fsp3) is 0.227. The van der Waals surface area contributed by atoms with Crippen LogP contribution in [0.5, 0.6) is 0 Å². The van der Waals surface area contributed by atoms with Crippen LogP contribution in [0.4, 0.5) is 14.8 Å². The maximum Gasteiger partial charge on any atom is 0.319 e. The predicted octanol–water partition coefficient (Wildman–Crippen LogP) is 3.90. The van der Waals surface area contributed by atoms with E-state index >= 15 is 0 Å². The van der Waals surface area contributed by atoms with Crippen molar-refractivity contribution in [3.8, 4) is 11.6 Å². The van der Waals surface area contributed by atoms with Crippen molar-refractivity contribution in [3.63, 3.8) is 0 Å². The van der Waals surface area contributed by atoms with E-state index in [0.29, 0.717) is 35.8 Å². The van der Waals surface area contributed by atoms with Crippen LogP contribution in [-0.4, -0.2) is 41.3 Å². The molecule has 1 atom stereocenters. The first-order valence-corrected chi connectivity index (χ1v) is 10.4. The van der Waals surface area contributed by atoms with Crippen LogP contribution >= 0.6 is 0 Å². The third-order valence-corrected chi connectivity index (χ3v) is 5.76. The van der Waals surface area contributed by atoms with Crippen molar-refractivity contribution in [3.05, 3.63) is 77.3 Å². The number of pyridine rings is 2. The molecule has 0 radical (unpaired) electrons. The lowest BCUT2D eigenvalue weighted by atomic mass is 10.00. The molecule has 5 aromatic heterocycles. The van der Waals surface area contributed by atoms with Gasteiger partial charge in [-0.1, -0.05) is 11.2 Å². The molecule has 0 spiro atoms. The third kappa shape index (κ3) is 3.23. The summed E-state index contributed by atoms with van der Waals surface area (Å²) in [6, 6.07) is 10.0. The number of nitrogens with zero attached hydrogens (tertiary/aromatic N) is 7. The zero-order valence-electron chi connectivity index (χ0n) is 17.5. The van der Waals surface area contributed by atoms with Gasteiger partial charge in [0, 0.05) is 36.1 Å². The van der Waals surface area contributed by atoms with Gasteiger partial charge in [-0.3, -0.25) is 0 Å². The molecule has 0 fully saturated rings. The van der Waals surface area contributed by atoms with Gasteiger partial charge in [-0.15, -0.1) is 5.10 Å². The van der Waals surface area contributed by atoms with E-state index in [1.807, 2.05) is 24.0 Å². The van der Waals surface area contributed by atoms with Crippen LogP contribution in [0.2, 0.25) is 0 Å². The highest BCUT2D eigenvalue weighted by molar-refractivity contribution is 5.58. The van der Waals surface area contributed by atoms with Gasteiger partial charge >= 0.3 is 6.01 Å². The summed E-state index contributed by atoms with van der Waals surface area (Å²) >= 11 is 0. The van der Waals surface area contributed by atoms with E-state index in [4.69, 9.17) is 4.42 Å². The number of hydrogen-bond acceptors (Lipinski definition) is 7. The number of nitrogens with one attached hydrogen (secondary N) is 1. The molecule has 0 saturated carbocycles. The molecular weight excluding hydrogens is 430 g/mol. The number of imidazole rings is 1. The van der Waals surface area contributed by atoms with Gasteiger partial charge in [-0.05, 0) is 37.3 Å². The first-order valence-electron chi connectivity index (χ1n) is 10.4. The smallest absolute Gasteiger partial charge is 0.319 e. The summed E-state index contributed by atoms with van der Waals surface area (Å²) in [5.74, 6) is 0.301. The molecule has 9 nitrogen and oxygen atoms in total. The van der Waals surface area contributed by atoms with Crippen LogP contribution in [0.3, 0.4) is 0 Å². The van der Waals surface area contributed by atoms with Crippen LogP contribution < -0.4 is 4.90 Å². The second-order valence-corrected chi connectivity index (χ2v) is 7.83. The van der Waals surface area contributed by atoms with Gasteiger partial charge in [-0.2, -0.15) is 5.10 Å². The number of aromatic nitrogens is 7. The number of fused-ring (bicyclic) bond motifs is 2. The molecule has 0 unspecified atom stereocenters. The highest BCUT2D eigenvalue weighted by atomic mass is 19.3. The summed E-state index contributed by atoms with van der Waals surface area (Å²) in [5, 5.41) is 13.0. The lowest BCUT2D eigenvalue weighted by Crippen LogP contribution is -2.36. The van der Waals surface area contributed by atoms with Crippen molar-refractivity contribution in [1.82, 2.24) is 34.8 Å². The Hall–Kier alpha value is -4.15. The second-order valence-electron chi connectivity index (χ2n) is 7.83. The van der Waals surface area contributed by atoms with E-state index in [-0.39, 0.29) is 11.6 Å². The third-order valence-electron chi connectivity index (χ3n) is 5.76. The van der Waals surface area contributed by atoms with Gasteiger partial charge in [0.25, 0.3) is 12.3 Å². The normalized spacial score (nSPS) is 16.0. The van der Waals surface area contributed by atoms with Gasteiger partial charge in [0.2, 0.25) is 0 Å². The van der Waals surface area contributed by atoms with Gasteiger partial charge in [0.1, 0.15) is 11.7 Å². The molecule has 11 heteroatoms. The molecular formula is C22H18F2N8O. The SMILES string of the molecule is Cc1cccc(-c2nnc(N3CCc4[nH]cnc4[C@H]3c3cc4c(C(F)F)cccn4n3)o2)n1. The summed E-state index contributed by atoms with van der Waals surface area (Å²) < 4.78 is 34.6. The molecule has 0 amide bonds. The van der Waals surface area contributed by atoms with E-state index in [1.165, 1.54) is 10.6 Å². The van der Waals surface area contributed by atoms with Crippen molar-refractivity contribution in [2.24, 2.45) is 0 Å². The summed E-state index contributed by atoms with van der Waals surface area (Å²) in [6.07, 6.45) is 1.35. The number of anilines is 1. The van der Waals surface area contributed by atoms with E-state index in [9.17, 15) is 8.78 Å². The van der Waals surface area contributed by atoms with Crippen LogP contribution in [0, 0.1) is 6.92 Å². The molecule has 1 N–H and O–H groups in total. The topological polar surface area (TPSA) is 101 Å². The molecule has 6 heterocycles. The lowest BCUT2D eigenvalue weighted by Gasteiger charge is -2.32. The maximum absolute atomic E-state index is 13.6. The van der Waals surface area contributed by atoms with Gasteiger partial charge in [0.15, 0.2) is 0 Å². The molecule has 0 aliphatic carbocycles. The molecule has 33 heavy (non-hydrogen) atoms. The van der Waals surface area contributed by atoms with Crippen LogP contribution in [0.1, 0.15) is 40.8 Å². The Morgan fingerprint density at radius 3 is 2.94 bits per heavy atom. The minimum Gasteiger partial charge on any atom is -0.402 e. The first kappa shape index (κ1) is 19.5. The Labute approximate surface area is 186 Å². The van der Waals surface area contributed by atoms with E-state index < -0.39 is 12.5 Å². The number of aryl methyl sites for hydroxylation is 1. The average Bonchev–Trinajstić information content (AvgIpc) is 3.56. The number of alkyl halides is 2. The van der Waals surface area contributed by atoms with Gasteiger partial charge < -0.3 is 14.3 Å². The predicted molar refractivity (Wildman–Crippen MR) is 114 cm³/mol. The Bertz CT molecular complexity index is 1460. The van der Waals surface area contributed by atoms with Crippen molar-refractivity contribution in [2.75, 3.05) is 11.4 Å². The standard InChI is InChI=1S/C22H18F2N8O/c1-12-4-2-6-15(27-12)21-28-29-22(33-21)31-9-7-14-18(26-11-25-14)19(31)16-10-17-13(20(23)24)5-3-8-32(17)30-16/h2-6,8,10-11,19-20H,7,9H2,1H3,(H,25,26)/t19-/m1/s1. The average molecular weight is 448 g/mol. The number of H-pyrrole nitrogens is 1. The minimum absolute atomic E-state index is 0.0774. The quantitative estimate of drug-likeness (QED) is 0.445. The lowest BCUT2D eigenvalue weighted by molar-refractivity contribution is 0.152. The van der Waals surface area contributed by atoms with Crippen LogP contribution in [0.15, 0.2) is 53.3 Å². The van der Waals surface area contributed by atoms with Gasteiger partial charge in [-0.25, -0.2) is 23.3 Å². The minimum atomic E-state index is -2.61. The summed E-state index contributed by atoms with van der Waals surface area (Å²) in [4.78, 5) is 14.0. The molecule has 0 aromatic carbocycles. The van der Waals surface area contributed by atoms with Crippen molar-refractivity contribution in [2.45, 2.75) is 25.8 Å². The zero-order valence-corrected chi connectivity index (χ0v) is 17.5. The molecule has 6 rings (SSSR count). The molecule has 1 aliphatic heterocycles. The largest absolute Gasteiger partial charge is 0.402 e. The van der Waals surface area contributed by atoms with E-state index in [0.717, 1.165) is 17.1 Å². The molecule has 5 aromatic rings. The summed E-state index contributed by atoms with van der Waals surface area (Å²) in [6.45, 7) is 2.44. The van der Waals surface area contributed by atoms with Crippen LogP contribution in [0.25, 0.3) is 17.1 Å². The molecule has 0 bridgehead atoms. The second kappa shape index (κ2) is 7.47. The Kier molecular flexibility index (Phi) is 4.42. The maximum atomic E-state index is 13.6. The Balaban J connectivity index is 1.45. The van der Waals surface area contributed by atoms with E-state index in [1.54, 1.807) is 30.7 Å². The fourth-order valence-corrected chi connectivity index (χ4v) is 4.25. The van der Waals surface area contributed by atoms with Crippen molar-refractivity contribution < 1.29 is 13.2 Å². The fourth-order valence-electron chi connectivity index (χ4n) is 4.25. The number of halogens is 2. The van der Waals surface area contributed by atoms with Crippen molar-refractivity contribution in [1.29, 1.82) is 0 Å². The Morgan fingerprint density at radius 2 is 2.09 bits per heavy atom. The Morgan fingerprint density at radius 1 is 1.18 bits per heavy atom. The molecule has 166 valence electrons. The highest BCUT2D eigenvalue weighted by Crippen LogP contribution is 2.37. The summed E-state index contributed by atoms with van der Waals surface area (Å²) in [7, 11) is 0. The zero-order chi connectivity index (χ0) is 22.5.